The summed E-state index contributed by atoms with van der Waals surface area (Å²) in [5, 5.41) is 10.9. The fraction of sp³-hybridized carbons (Fsp3) is 0.412. The summed E-state index contributed by atoms with van der Waals surface area (Å²) in [7, 11) is 3.45. The molecule has 1 aromatic heterocycles. The molecule has 3 rings (SSSR count). The Morgan fingerprint density at radius 1 is 1.27 bits per heavy atom. The Labute approximate surface area is 150 Å². The molecule has 9 nitrogen and oxygen atoms in total. The quantitative estimate of drug-likeness (QED) is 0.605. The van der Waals surface area contributed by atoms with Crippen LogP contribution in [0.2, 0.25) is 0 Å². The minimum Gasteiger partial charge on any atom is -0.444 e. The highest BCUT2D eigenvalue weighted by atomic mass is 16.6. The average Bonchev–Trinajstić information content (AvgIpc) is 3.00. The molecule has 0 radical (unpaired) electrons. The number of hydrogen-bond donors (Lipinski definition) is 0. The third kappa shape index (κ3) is 3.99. The van der Waals surface area contributed by atoms with Crippen LogP contribution in [0.5, 0.6) is 6.01 Å². The molecule has 0 atom stereocenters. The Bertz CT molecular complexity index is 800. The van der Waals surface area contributed by atoms with Crippen LogP contribution in [0.4, 0.5) is 5.82 Å². The lowest BCUT2D eigenvalue weighted by Gasteiger charge is -2.24. The van der Waals surface area contributed by atoms with Gasteiger partial charge in [0.05, 0.1) is 0 Å². The maximum atomic E-state index is 11.9. The molecule has 2 heterocycles. The first-order chi connectivity index (χ1) is 12.4. The molecule has 0 N–H and O–H groups in total. The Morgan fingerprint density at radius 3 is 2.65 bits per heavy atom. The second-order valence-electron chi connectivity index (χ2n) is 6.35. The van der Waals surface area contributed by atoms with Crippen LogP contribution in [-0.2, 0) is 13.1 Å². The van der Waals surface area contributed by atoms with Crippen molar-refractivity contribution < 1.29 is 14.5 Å². The molecule has 1 aliphatic rings. The number of imidazole rings is 1. The van der Waals surface area contributed by atoms with E-state index in [4.69, 9.17) is 4.74 Å². The van der Waals surface area contributed by atoms with E-state index in [0.29, 0.717) is 37.8 Å². The van der Waals surface area contributed by atoms with E-state index in [2.05, 4.69) is 9.88 Å². The summed E-state index contributed by atoms with van der Waals surface area (Å²) in [5.74, 6) is -0.222. The molecular weight excluding hydrogens is 338 g/mol. The molecule has 26 heavy (non-hydrogen) atoms. The van der Waals surface area contributed by atoms with E-state index in [-0.39, 0.29) is 11.7 Å². The lowest BCUT2D eigenvalue weighted by molar-refractivity contribution is -0.389. The van der Waals surface area contributed by atoms with Gasteiger partial charge in [0, 0.05) is 50.8 Å². The summed E-state index contributed by atoms with van der Waals surface area (Å²) >= 11 is 0. The van der Waals surface area contributed by atoms with Gasteiger partial charge in [-0.05, 0) is 22.6 Å². The van der Waals surface area contributed by atoms with E-state index in [1.165, 1.54) is 6.20 Å². The number of benzene rings is 1. The summed E-state index contributed by atoms with van der Waals surface area (Å²) in [5.41, 5.74) is 1.75. The number of amides is 1. The van der Waals surface area contributed by atoms with Crippen molar-refractivity contribution >= 4 is 11.7 Å². The number of carbonyl (C=O) groups excluding carboxylic acids is 1. The van der Waals surface area contributed by atoms with E-state index < -0.39 is 4.92 Å². The molecule has 0 bridgehead atoms. The average molecular weight is 359 g/mol. The van der Waals surface area contributed by atoms with Crippen molar-refractivity contribution in [2.24, 2.45) is 0 Å². The molecule has 138 valence electrons. The van der Waals surface area contributed by atoms with Crippen LogP contribution in [0.1, 0.15) is 15.9 Å². The van der Waals surface area contributed by atoms with Crippen molar-refractivity contribution in [3.63, 3.8) is 0 Å². The normalized spacial score (nSPS) is 14.7. The number of nitro groups is 1. The number of hydrogen-bond acceptors (Lipinski definition) is 6. The lowest BCUT2D eigenvalue weighted by atomic mass is 10.1. The smallest absolute Gasteiger partial charge is 0.414 e. The first-order valence-corrected chi connectivity index (χ1v) is 8.31. The standard InChI is InChI=1S/C17H21N5O4/c1-19(2)16(23)14-5-3-13(4-6-14)11-20-7-8-21-12-15(22(24)25)18-17(21)26-10-9-20/h3-6,12H,7-11H2,1-2H3. The van der Waals surface area contributed by atoms with Gasteiger partial charge in [0.25, 0.3) is 5.91 Å². The van der Waals surface area contributed by atoms with E-state index in [0.717, 1.165) is 12.1 Å². The summed E-state index contributed by atoms with van der Waals surface area (Å²) < 4.78 is 7.23. The third-order valence-electron chi connectivity index (χ3n) is 4.22. The number of nitrogens with zero attached hydrogens (tertiary/aromatic N) is 5. The van der Waals surface area contributed by atoms with Crippen LogP contribution in [0, 0.1) is 10.1 Å². The van der Waals surface area contributed by atoms with Gasteiger partial charge in [-0.3, -0.25) is 14.3 Å². The maximum absolute atomic E-state index is 11.9. The topological polar surface area (TPSA) is 93.7 Å². The molecule has 0 saturated heterocycles. The molecule has 1 aliphatic heterocycles. The van der Waals surface area contributed by atoms with E-state index in [1.807, 2.05) is 24.3 Å². The number of aromatic nitrogens is 2. The molecule has 0 aliphatic carbocycles. The fourth-order valence-corrected chi connectivity index (χ4v) is 2.80. The highest BCUT2D eigenvalue weighted by molar-refractivity contribution is 5.93. The first-order valence-electron chi connectivity index (χ1n) is 8.31. The minimum absolute atomic E-state index is 0.0227. The molecular formula is C17H21N5O4. The van der Waals surface area contributed by atoms with Crippen molar-refractivity contribution in [2.75, 3.05) is 33.8 Å². The van der Waals surface area contributed by atoms with E-state index in [1.54, 1.807) is 23.6 Å². The molecule has 0 spiro atoms. The molecule has 9 heteroatoms. The second kappa shape index (κ2) is 7.52. The predicted octanol–water partition coefficient (Wildman–Crippen LogP) is 1.39. The maximum Gasteiger partial charge on any atom is 0.414 e. The van der Waals surface area contributed by atoms with Gasteiger partial charge in [-0.2, -0.15) is 0 Å². The van der Waals surface area contributed by atoms with Crippen molar-refractivity contribution in [1.29, 1.82) is 0 Å². The zero-order valence-corrected chi connectivity index (χ0v) is 14.8. The van der Waals surface area contributed by atoms with Gasteiger partial charge >= 0.3 is 11.8 Å². The van der Waals surface area contributed by atoms with Crippen LogP contribution in [0.15, 0.2) is 30.5 Å². The van der Waals surface area contributed by atoms with Gasteiger partial charge in [0.2, 0.25) is 0 Å². The van der Waals surface area contributed by atoms with Crippen molar-refractivity contribution in [3.05, 3.63) is 51.7 Å². The minimum atomic E-state index is -0.518. The number of rotatable bonds is 4. The second-order valence-corrected chi connectivity index (χ2v) is 6.35. The van der Waals surface area contributed by atoms with Gasteiger partial charge < -0.3 is 19.8 Å². The molecule has 0 saturated carbocycles. The van der Waals surface area contributed by atoms with Gasteiger partial charge in [0.1, 0.15) is 12.8 Å². The van der Waals surface area contributed by atoms with Crippen LogP contribution < -0.4 is 4.74 Å². The van der Waals surface area contributed by atoms with Crippen LogP contribution >= 0.6 is 0 Å². The lowest BCUT2D eigenvalue weighted by Crippen LogP contribution is -2.33. The SMILES string of the molecule is CN(C)C(=O)c1ccc(CN2CCOc3nc([N+](=O)[O-])cn3CC2)cc1. The van der Waals surface area contributed by atoms with Crippen molar-refractivity contribution in [2.45, 2.75) is 13.1 Å². The van der Waals surface area contributed by atoms with Crippen molar-refractivity contribution in [1.82, 2.24) is 19.4 Å². The predicted molar refractivity (Wildman–Crippen MR) is 94.1 cm³/mol. The number of fused-ring (bicyclic) bond motifs is 1. The van der Waals surface area contributed by atoms with Gasteiger partial charge in [-0.1, -0.05) is 12.1 Å². The van der Waals surface area contributed by atoms with Crippen molar-refractivity contribution in [3.8, 4) is 6.01 Å². The van der Waals surface area contributed by atoms with Crippen LogP contribution in [0.3, 0.4) is 0 Å². The van der Waals surface area contributed by atoms with Gasteiger partial charge in [0.15, 0.2) is 0 Å². The molecule has 1 aromatic carbocycles. The molecule has 1 amide bonds. The third-order valence-corrected chi connectivity index (χ3v) is 4.22. The number of carbonyl (C=O) groups is 1. The highest BCUT2D eigenvalue weighted by Crippen LogP contribution is 2.19. The largest absolute Gasteiger partial charge is 0.444 e. The zero-order valence-electron chi connectivity index (χ0n) is 14.8. The summed E-state index contributed by atoms with van der Waals surface area (Å²) in [6.45, 7) is 3.10. The Hall–Kier alpha value is -2.94. The Balaban J connectivity index is 1.64. The van der Waals surface area contributed by atoms with E-state index >= 15 is 0 Å². The molecule has 2 aromatic rings. The monoisotopic (exact) mass is 359 g/mol. The summed E-state index contributed by atoms with van der Waals surface area (Å²) in [6, 6.07) is 7.85. The van der Waals surface area contributed by atoms with Crippen LogP contribution in [-0.4, -0.2) is 64.0 Å². The number of ether oxygens (including phenoxy) is 1. The fourth-order valence-electron chi connectivity index (χ4n) is 2.80. The van der Waals surface area contributed by atoms with Gasteiger partial charge in [-0.25, -0.2) is 0 Å². The molecule has 0 fully saturated rings. The zero-order chi connectivity index (χ0) is 18.7. The van der Waals surface area contributed by atoms with Crippen LogP contribution in [0.25, 0.3) is 0 Å². The van der Waals surface area contributed by atoms with E-state index in [9.17, 15) is 14.9 Å². The molecule has 0 unspecified atom stereocenters. The summed E-state index contributed by atoms with van der Waals surface area (Å²) in [6.07, 6.45) is 1.40. The summed E-state index contributed by atoms with van der Waals surface area (Å²) in [4.78, 5) is 29.9. The Kier molecular flexibility index (Phi) is 5.17. The Morgan fingerprint density at radius 2 is 2.00 bits per heavy atom. The first kappa shape index (κ1) is 17.9. The van der Waals surface area contributed by atoms with Gasteiger partial charge in [-0.15, -0.1) is 0 Å². The highest BCUT2D eigenvalue weighted by Gasteiger charge is 2.22.